The van der Waals surface area contributed by atoms with Crippen LogP contribution < -0.4 is 18.9 Å². The van der Waals surface area contributed by atoms with Crippen molar-refractivity contribution in [2.45, 2.75) is 20.3 Å². The molecule has 10 heteroatoms. The highest BCUT2D eigenvalue weighted by molar-refractivity contribution is 7.45. The highest BCUT2D eigenvalue weighted by Crippen LogP contribution is 2.35. The summed E-state index contributed by atoms with van der Waals surface area (Å²) >= 11 is 0. The molecule has 0 unspecified atom stereocenters. The van der Waals surface area contributed by atoms with Crippen LogP contribution in [-0.4, -0.2) is 47.6 Å². The first kappa shape index (κ1) is 25.4. The summed E-state index contributed by atoms with van der Waals surface area (Å²) < 4.78 is 30.9. The number of fused-ring (bicyclic) bond motifs is 1. The van der Waals surface area contributed by atoms with Gasteiger partial charge in [-0.05, 0) is 55.1 Å². The molecule has 0 spiro atoms. The molecular weight excluding hydrogens is 437 g/mol. The molecule has 0 aliphatic rings. The molecule has 0 bridgehead atoms. The van der Waals surface area contributed by atoms with Gasteiger partial charge in [0.15, 0.2) is 23.0 Å². The van der Waals surface area contributed by atoms with Crippen LogP contribution in [-0.2, 0) is 11.0 Å². The monoisotopic (exact) mass is 465 g/mol. The van der Waals surface area contributed by atoms with Gasteiger partial charge in [0.25, 0.3) is 0 Å². The largest absolute Gasteiger partial charge is 0.493 e. The molecule has 0 aliphatic carbocycles. The van der Waals surface area contributed by atoms with Crippen LogP contribution in [0.2, 0.25) is 0 Å². The number of benzene rings is 2. The zero-order chi connectivity index (χ0) is 23.9. The Morgan fingerprint density at radius 3 is 2.00 bits per heavy atom. The van der Waals surface area contributed by atoms with Crippen molar-refractivity contribution in [1.29, 1.82) is 0 Å². The second-order valence-electron chi connectivity index (χ2n) is 6.75. The van der Waals surface area contributed by atoms with Gasteiger partial charge in [-0.25, -0.2) is 4.57 Å². The Balaban J connectivity index is 0.000000654. The molecule has 0 radical (unpaired) electrons. The van der Waals surface area contributed by atoms with Crippen molar-refractivity contribution in [3.8, 4) is 23.0 Å². The number of aromatic nitrogens is 1. The molecule has 1 aromatic heterocycles. The molecule has 0 atom stereocenters. The van der Waals surface area contributed by atoms with Gasteiger partial charge >= 0.3 is 7.82 Å². The fourth-order valence-electron chi connectivity index (χ4n) is 3.22. The number of nitrogens with zero attached hydrogens (tertiary/aromatic N) is 1. The molecule has 0 amide bonds. The molecule has 32 heavy (non-hydrogen) atoms. The normalized spacial score (nSPS) is 10.9. The Kier molecular flexibility index (Phi) is 8.86. The van der Waals surface area contributed by atoms with Gasteiger partial charge in [0.2, 0.25) is 0 Å². The summed E-state index contributed by atoms with van der Waals surface area (Å²) in [7, 11) is 0.298. The minimum Gasteiger partial charge on any atom is -0.493 e. The van der Waals surface area contributed by atoms with E-state index in [1.54, 1.807) is 21.3 Å². The lowest BCUT2D eigenvalue weighted by Gasteiger charge is -2.14. The second kappa shape index (κ2) is 11.2. The molecule has 0 saturated heterocycles. The Hall–Kier alpha value is -2.84. The van der Waals surface area contributed by atoms with Crippen molar-refractivity contribution >= 4 is 18.6 Å². The zero-order valence-electron chi connectivity index (χ0n) is 18.7. The van der Waals surface area contributed by atoms with Crippen LogP contribution in [0.1, 0.15) is 23.9 Å². The first-order valence-corrected chi connectivity index (χ1v) is 11.3. The smallest absolute Gasteiger partial charge is 0.466 e. The second-order valence-corrected chi connectivity index (χ2v) is 7.77. The summed E-state index contributed by atoms with van der Waals surface area (Å²) in [6.45, 7) is 4.55. The quantitative estimate of drug-likeness (QED) is 0.448. The van der Waals surface area contributed by atoms with Gasteiger partial charge in [-0.1, -0.05) is 6.07 Å². The molecular formula is C22H28NO8P. The maximum absolute atomic E-state index is 8.88. The Bertz CT molecular complexity index is 1100. The van der Waals surface area contributed by atoms with Crippen LogP contribution in [0.3, 0.4) is 0 Å². The van der Waals surface area contributed by atoms with E-state index in [-0.39, 0.29) is 0 Å². The SMILES string of the molecule is CCOc1ccc(Cc2nc(C)cc3cc(OC)c(OC)cc23)cc1OC.O=P(O)(O)O. The third kappa shape index (κ3) is 7.10. The van der Waals surface area contributed by atoms with E-state index in [0.29, 0.717) is 24.5 Å². The number of hydrogen-bond donors (Lipinski definition) is 3. The van der Waals surface area contributed by atoms with Crippen LogP contribution >= 0.6 is 7.82 Å². The third-order valence-electron chi connectivity index (χ3n) is 4.44. The van der Waals surface area contributed by atoms with Crippen molar-refractivity contribution in [2.24, 2.45) is 0 Å². The van der Waals surface area contributed by atoms with Gasteiger partial charge in [-0.15, -0.1) is 0 Å². The number of rotatable bonds is 7. The van der Waals surface area contributed by atoms with E-state index in [1.165, 1.54) is 0 Å². The fourth-order valence-corrected chi connectivity index (χ4v) is 3.22. The molecule has 174 valence electrons. The standard InChI is InChI=1S/C22H25NO4.H3O4P/c1-6-27-19-8-7-15(11-20(19)24-3)10-18-17-13-22(26-5)21(25-4)12-16(17)9-14(2)23-18;1-5(2,3)4/h7-9,11-13H,6,10H2,1-5H3;(H3,1,2,3,4). The lowest BCUT2D eigenvalue weighted by molar-refractivity contribution is 0.275. The van der Waals surface area contributed by atoms with Crippen molar-refractivity contribution in [1.82, 2.24) is 4.98 Å². The van der Waals surface area contributed by atoms with E-state index in [4.69, 9.17) is 43.2 Å². The fraction of sp³-hybridized carbons (Fsp3) is 0.318. The maximum Gasteiger partial charge on any atom is 0.466 e. The van der Waals surface area contributed by atoms with Crippen LogP contribution in [0.5, 0.6) is 23.0 Å². The first-order valence-electron chi connectivity index (χ1n) is 9.69. The third-order valence-corrected chi connectivity index (χ3v) is 4.44. The van der Waals surface area contributed by atoms with Gasteiger partial charge < -0.3 is 33.6 Å². The molecule has 0 saturated carbocycles. The van der Waals surface area contributed by atoms with Crippen LogP contribution in [0.15, 0.2) is 36.4 Å². The molecule has 3 aromatic rings. The number of phosphoric acid groups is 1. The predicted octanol–water partition coefficient (Wildman–Crippen LogP) is 3.63. The van der Waals surface area contributed by atoms with E-state index in [0.717, 1.165) is 39.2 Å². The van der Waals surface area contributed by atoms with Crippen LogP contribution in [0, 0.1) is 6.92 Å². The summed E-state index contributed by atoms with van der Waals surface area (Å²) in [4.78, 5) is 26.3. The van der Waals surface area contributed by atoms with Gasteiger partial charge in [-0.3, -0.25) is 4.98 Å². The highest BCUT2D eigenvalue weighted by atomic mass is 31.2. The number of pyridine rings is 1. The molecule has 3 N–H and O–H groups in total. The van der Waals surface area contributed by atoms with Gasteiger partial charge in [0, 0.05) is 17.5 Å². The summed E-state index contributed by atoms with van der Waals surface area (Å²) in [6.07, 6.45) is 0.677. The number of methoxy groups -OCH3 is 3. The maximum atomic E-state index is 8.88. The number of hydrogen-bond acceptors (Lipinski definition) is 6. The van der Waals surface area contributed by atoms with E-state index >= 15 is 0 Å². The topological polar surface area (TPSA) is 128 Å². The predicted molar refractivity (Wildman–Crippen MR) is 121 cm³/mol. The van der Waals surface area contributed by atoms with Gasteiger partial charge in [0.05, 0.1) is 33.6 Å². The van der Waals surface area contributed by atoms with Crippen molar-refractivity contribution in [2.75, 3.05) is 27.9 Å². The van der Waals surface area contributed by atoms with Crippen molar-refractivity contribution in [3.63, 3.8) is 0 Å². The minimum atomic E-state index is -4.64. The van der Waals surface area contributed by atoms with Crippen LogP contribution in [0.4, 0.5) is 0 Å². The molecule has 3 rings (SSSR count). The lowest BCUT2D eigenvalue weighted by Crippen LogP contribution is -2.00. The Morgan fingerprint density at radius 1 is 0.875 bits per heavy atom. The highest BCUT2D eigenvalue weighted by Gasteiger charge is 2.13. The average Bonchev–Trinajstić information content (AvgIpc) is 2.72. The van der Waals surface area contributed by atoms with Gasteiger partial charge in [0.1, 0.15) is 0 Å². The van der Waals surface area contributed by atoms with Crippen LogP contribution in [0.25, 0.3) is 10.8 Å². The average molecular weight is 465 g/mol. The summed E-state index contributed by atoms with van der Waals surface area (Å²) in [6, 6.07) is 12.0. The number of ether oxygens (including phenoxy) is 4. The van der Waals surface area contributed by atoms with Crippen molar-refractivity contribution < 1.29 is 38.2 Å². The number of aryl methyl sites for hydroxylation is 1. The van der Waals surface area contributed by atoms with Crippen molar-refractivity contribution in [3.05, 3.63) is 53.3 Å². The molecule has 1 heterocycles. The molecule has 2 aromatic carbocycles. The van der Waals surface area contributed by atoms with Gasteiger partial charge in [-0.2, -0.15) is 0 Å². The molecule has 9 nitrogen and oxygen atoms in total. The summed E-state index contributed by atoms with van der Waals surface area (Å²) in [5.74, 6) is 2.88. The van der Waals surface area contributed by atoms with E-state index < -0.39 is 7.82 Å². The Morgan fingerprint density at radius 2 is 1.44 bits per heavy atom. The van der Waals surface area contributed by atoms with E-state index in [2.05, 4.69) is 6.07 Å². The molecule has 0 fully saturated rings. The first-order chi connectivity index (χ1) is 15.1. The zero-order valence-corrected chi connectivity index (χ0v) is 19.6. The van der Waals surface area contributed by atoms with E-state index in [1.807, 2.05) is 44.2 Å². The minimum absolute atomic E-state index is 0.599. The summed E-state index contributed by atoms with van der Waals surface area (Å²) in [5, 5.41) is 2.12. The molecule has 0 aliphatic heterocycles. The lowest BCUT2D eigenvalue weighted by atomic mass is 10.0. The summed E-state index contributed by atoms with van der Waals surface area (Å²) in [5.41, 5.74) is 3.05. The van der Waals surface area contributed by atoms with E-state index in [9.17, 15) is 0 Å². The Labute approximate surface area is 186 Å².